The number of rotatable bonds is 6. The number of methoxy groups -OCH3 is 1. The first-order valence-corrected chi connectivity index (χ1v) is 8.11. The van der Waals surface area contributed by atoms with Crippen molar-refractivity contribution in [1.29, 1.82) is 0 Å². The van der Waals surface area contributed by atoms with Crippen molar-refractivity contribution in [2.24, 2.45) is 0 Å². The van der Waals surface area contributed by atoms with Crippen LogP contribution in [-0.2, 0) is 11.3 Å². The van der Waals surface area contributed by atoms with Crippen molar-refractivity contribution in [2.75, 3.05) is 12.0 Å². The maximum atomic E-state index is 14.6. The highest BCUT2D eigenvalue weighted by molar-refractivity contribution is 5.89. The number of benzene rings is 1. The molecule has 136 valence electrons. The summed E-state index contributed by atoms with van der Waals surface area (Å²) in [5, 5.41) is 0. The molecule has 0 bridgehead atoms. The smallest absolute Gasteiger partial charge is 0.337 e. The molecule has 0 unspecified atom stereocenters. The average molecular weight is 364 g/mol. The second-order valence-electron chi connectivity index (χ2n) is 5.60. The Kier molecular flexibility index (Phi) is 5.51. The van der Waals surface area contributed by atoms with Crippen LogP contribution in [0.1, 0.15) is 21.5 Å². The minimum atomic E-state index is -0.591. The second-order valence-corrected chi connectivity index (χ2v) is 5.60. The number of ether oxygens (including phenoxy) is 1. The highest BCUT2D eigenvalue weighted by Crippen LogP contribution is 2.25. The van der Waals surface area contributed by atoms with Gasteiger partial charge in [-0.15, -0.1) is 0 Å². The van der Waals surface area contributed by atoms with Gasteiger partial charge in [0.25, 0.3) is 0 Å². The molecule has 0 saturated carbocycles. The van der Waals surface area contributed by atoms with Crippen molar-refractivity contribution in [3.05, 3.63) is 84.2 Å². The van der Waals surface area contributed by atoms with Crippen molar-refractivity contribution in [2.45, 2.75) is 6.54 Å². The van der Waals surface area contributed by atoms with Crippen molar-refractivity contribution in [3.63, 3.8) is 0 Å². The maximum Gasteiger partial charge on any atom is 0.337 e. The minimum Gasteiger partial charge on any atom is -0.465 e. The standard InChI is InChI=1S/C20H17FN4O2/c1-3-14-6-7-23-18(10-14)25(19-12-22-8-9-24-19)13-16-5-4-15(11-17(16)21)20(26)27-2/h3-12H,1,13H2,2H3. The summed E-state index contributed by atoms with van der Waals surface area (Å²) in [4.78, 5) is 26.0. The van der Waals surface area contributed by atoms with E-state index in [2.05, 4.69) is 26.3 Å². The zero-order chi connectivity index (χ0) is 19.2. The van der Waals surface area contributed by atoms with E-state index in [1.807, 2.05) is 12.1 Å². The molecule has 3 rings (SSSR count). The SMILES string of the molecule is C=Cc1ccnc(N(Cc2ccc(C(=O)OC)cc2F)c2cnccn2)c1. The van der Waals surface area contributed by atoms with Gasteiger partial charge in [-0.25, -0.2) is 19.2 Å². The molecule has 0 amide bonds. The number of halogens is 1. The Labute approximate surface area is 156 Å². The average Bonchev–Trinajstić information content (AvgIpc) is 2.73. The van der Waals surface area contributed by atoms with Gasteiger partial charge in [-0.05, 0) is 29.8 Å². The Bertz CT molecular complexity index is 963. The molecule has 0 spiro atoms. The van der Waals surface area contributed by atoms with Gasteiger partial charge in [0.2, 0.25) is 0 Å². The Balaban J connectivity index is 1.99. The van der Waals surface area contributed by atoms with Crippen molar-refractivity contribution < 1.29 is 13.9 Å². The molecule has 27 heavy (non-hydrogen) atoms. The Morgan fingerprint density at radius 1 is 1.19 bits per heavy atom. The zero-order valence-electron chi connectivity index (χ0n) is 14.7. The van der Waals surface area contributed by atoms with Gasteiger partial charge in [0.1, 0.15) is 11.6 Å². The van der Waals surface area contributed by atoms with E-state index < -0.39 is 11.8 Å². The van der Waals surface area contributed by atoms with Gasteiger partial charge in [-0.2, -0.15) is 0 Å². The van der Waals surface area contributed by atoms with Crippen LogP contribution in [0.15, 0.2) is 61.7 Å². The molecule has 0 aliphatic heterocycles. The Morgan fingerprint density at radius 2 is 2.00 bits per heavy atom. The van der Waals surface area contributed by atoms with Gasteiger partial charge in [0.15, 0.2) is 5.82 Å². The number of aromatic nitrogens is 3. The van der Waals surface area contributed by atoms with E-state index in [-0.39, 0.29) is 12.1 Å². The number of hydrogen-bond donors (Lipinski definition) is 0. The number of esters is 1. The topological polar surface area (TPSA) is 68.2 Å². The molecule has 0 aliphatic rings. The summed E-state index contributed by atoms with van der Waals surface area (Å²) < 4.78 is 19.2. The largest absolute Gasteiger partial charge is 0.465 e. The molecule has 3 aromatic rings. The molecule has 0 fully saturated rings. The van der Waals surface area contributed by atoms with Gasteiger partial charge in [-0.3, -0.25) is 4.98 Å². The summed E-state index contributed by atoms with van der Waals surface area (Å²) in [6, 6.07) is 7.86. The zero-order valence-corrected chi connectivity index (χ0v) is 14.7. The van der Waals surface area contributed by atoms with Crippen LogP contribution in [0.5, 0.6) is 0 Å². The third-order valence-electron chi connectivity index (χ3n) is 3.91. The molecule has 0 radical (unpaired) electrons. The summed E-state index contributed by atoms with van der Waals surface area (Å²) in [6.45, 7) is 3.91. The number of carbonyl (C=O) groups is 1. The normalized spacial score (nSPS) is 10.3. The lowest BCUT2D eigenvalue weighted by molar-refractivity contribution is 0.0600. The lowest BCUT2D eigenvalue weighted by atomic mass is 10.1. The van der Waals surface area contributed by atoms with E-state index in [1.54, 1.807) is 41.8 Å². The first-order valence-electron chi connectivity index (χ1n) is 8.11. The summed E-state index contributed by atoms with van der Waals surface area (Å²) in [7, 11) is 1.25. The van der Waals surface area contributed by atoms with Crippen molar-refractivity contribution in [3.8, 4) is 0 Å². The molecule has 0 atom stereocenters. The molecule has 6 nitrogen and oxygen atoms in total. The van der Waals surface area contributed by atoms with E-state index in [1.165, 1.54) is 13.2 Å². The van der Waals surface area contributed by atoms with Crippen LogP contribution < -0.4 is 4.90 Å². The third kappa shape index (κ3) is 4.14. The van der Waals surface area contributed by atoms with Crippen LogP contribution in [0.25, 0.3) is 6.08 Å². The van der Waals surface area contributed by atoms with E-state index in [0.717, 1.165) is 11.6 Å². The monoisotopic (exact) mass is 364 g/mol. The summed E-state index contributed by atoms with van der Waals surface area (Å²) in [5.41, 5.74) is 1.39. The van der Waals surface area contributed by atoms with Crippen LogP contribution in [0.2, 0.25) is 0 Å². The van der Waals surface area contributed by atoms with Crippen LogP contribution in [0.4, 0.5) is 16.0 Å². The lowest BCUT2D eigenvalue weighted by Gasteiger charge is -2.23. The van der Waals surface area contributed by atoms with E-state index in [9.17, 15) is 9.18 Å². The molecule has 1 aromatic carbocycles. The molecule has 0 N–H and O–H groups in total. The predicted molar refractivity (Wildman–Crippen MR) is 99.9 cm³/mol. The number of pyridine rings is 1. The van der Waals surface area contributed by atoms with Gasteiger partial charge in [0.05, 0.1) is 25.4 Å². The molecular weight excluding hydrogens is 347 g/mol. The number of carbonyl (C=O) groups excluding carboxylic acids is 1. The summed E-state index contributed by atoms with van der Waals surface area (Å²) >= 11 is 0. The fourth-order valence-corrected chi connectivity index (χ4v) is 2.51. The quantitative estimate of drug-likeness (QED) is 0.620. The van der Waals surface area contributed by atoms with Gasteiger partial charge >= 0.3 is 5.97 Å². The van der Waals surface area contributed by atoms with Crippen molar-refractivity contribution in [1.82, 2.24) is 15.0 Å². The van der Waals surface area contributed by atoms with Crippen molar-refractivity contribution >= 4 is 23.7 Å². The van der Waals surface area contributed by atoms with Gasteiger partial charge < -0.3 is 9.64 Å². The van der Waals surface area contributed by atoms with Crippen LogP contribution in [-0.4, -0.2) is 28.0 Å². The lowest BCUT2D eigenvalue weighted by Crippen LogP contribution is -2.20. The fourth-order valence-electron chi connectivity index (χ4n) is 2.51. The Hall–Kier alpha value is -3.61. The van der Waals surface area contributed by atoms with Crippen LogP contribution in [0.3, 0.4) is 0 Å². The third-order valence-corrected chi connectivity index (χ3v) is 3.91. The number of anilines is 2. The molecule has 2 heterocycles. The summed E-state index contributed by atoms with van der Waals surface area (Å²) in [5.74, 6) is -0.0229. The predicted octanol–water partition coefficient (Wildman–Crippen LogP) is 3.78. The number of nitrogens with zero attached hydrogens (tertiary/aromatic N) is 4. The van der Waals surface area contributed by atoms with Gasteiger partial charge in [0, 0.05) is 24.2 Å². The van der Waals surface area contributed by atoms with Crippen LogP contribution >= 0.6 is 0 Å². The molecule has 2 aromatic heterocycles. The van der Waals surface area contributed by atoms with Crippen LogP contribution in [0, 0.1) is 5.82 Å². The minimum absolute atomic E-state index is 0.150. The molecule has 7 heteroatoms. The maximum absolute atomic E-state index is 14.6. The first kappa shape index (κ1) is 18.2. The van der Waals surface area contributed by atoms with E-state index >= 15 is 0 Å². The molecule has 0 saturated heterocycles. The van der Waals surface area contributed by atoms with E-state index in [4.69, 9.17) is 0 Å². The molecule has 0 aliphatic carbocycles. The van der Waals surface area contributed by atoms with Gasteiger partial charge in [-0.1, -0.05) is 18.7 Å². The fraction of sp³-hybridized carbons (Fsp3) is 0.100. The van der Waals surface area contributed by atoms with E-state index in [0.29, 0.717) is 17.2 Å². The summed E-state index contributed by atoms with van der Waals surface area (Å²) in [6.07, 6.45) is 8.03. The first-order chi connectivity index (χ1) is 13.1. The Morgan fingerprint density at radius 3 is 2.67 bits per heavy atom. The highest BCUT2D eigenvalue weighted by atomic mass is 19.1. The second kappa shape index (κ2) is 8.18. The number of hydrogen-bond acceptors (Lipinski definition) is 6. The molecular formula is C20H17FN4O2. The highest BCUT2D eigenvalue weighted by Gasteiger charge is 2.17.